The van der Waals surface area contributed by atoms with Crippen molar-refractivity contribution in [2.24, 2.45) is 0 Å². The Morgan fingerprint density at radius 2 is 1.93 bits per heavy atom. The first-order valence-electron chi connectivity index (χ1n) is 9.87. The molecule has 0 unspecified atom stereocenters. The molecule has 148 valence electrons. The molecule has 0 atom stereocenters. The molecule has 1 fully saturated rings. The highest BCUT2D eigenvalue weighted by atomic mass is 32.2. The summed E-state index contributed by atoms with van der Waals surface area (Å²) in [7, 11) is 0. The lowest BCUT2D eigenvalue weighted by Gasteiger charge is -2.27. The Hall–Kier alpha value is -2.12. The maximum absolute atomic E-state index is 13.0. The van der Waals surface area contributed by atoms with Gasteiger partial charge in [-0.1, -0.05) is 42.1 Å². The van der Waals surface area contributed by atoms with E-state index in [1.54, 1.807) is 21.2 Å². The van der Waals surface area contributed by atoms with Crippen LogP contribution in [0.1, 0.15) is 23.2 Å². The van der Waals surface area contributed by atoms with Gasteiger partial charge in [-0.3, -0.25) is 14.2 Å². The van der Waals surface area contributed by atoms with Gasteiger partial charge in [0.2, 0.25) is 5.91 Å². The maximum atomic E-state index is 13.0. The average Bonchev–Trinajstić information content (AvgIpc) is 3.21. The zero-order valence-corrected chi connectivity index (χ0v) is 16.7. The van der Waals surface area contributed by atoms with E-state index in [1.165, 1.54) is 5.56 Å². The molecule has 1 saturated heterocycles. The standard InChI is InChI=1S/C21H25N3O3S/c25-19(23-10-12-27-13-11-23)15-24-20(26)17-7-4-8-18(17)22-21(24)28-14-9-16-5-2-1-3-6-16/h1-3,5-6H,4,7-15H2. The van der Waals surface area contributed by atoms with Gasteiger partial charge in [0.15, 0.2) is 5.16 Å². The van der Waals surface area contributed by atoms with Gasteiger partial charge in [0.05, 0.1) is 18.9 Å². The monoisotopic (exact) mass is 399 g/mol. The van der Waals surface area contributed by atoms with E-state index in [4.69, 9.17) is 9.72 Å². The summed E-state index contributed by atoms with van der Waals surface area (Å²) in [5.74, 6) is 0.788. The van der Waals surface area contributed by atoms with Gasteiger partial charge < -0.3 is 9.64 Å². The van der Waals surface area contributed by atoms with Crippen LogP contribution >= 0.6 is 11.8 Å². The van der Waals surface area contributed by atoms with Gasteiger partial charge in [0.1, 0.15) is 6.54 Å². The van der Waals surface area contributed by atoms with Crippen LogP contribution in [-0.2, 0) is 35.3 Å². The number of aryl methyl sites for hydroxylation is 2. The number of ether oxygens (including phenoxy) is 1. The predicted octanol–water partition coefficient (Wildman–Crippen LogP) is 1.93. The number of fused-ring (bicyclic) bond motifs is 1. The van der Waals surface area contributed by atoms with Gasteiger partial charge in [-0.15, -0.1) is 0 Å². The molecule has 1 aromatic carbocycles. The largest absolute Gasteiger partial charge is 0.378 e. The molecule has 1 aliphatic heterocycles. The van der Waals surface area contributed by atoms with E-state index < -0.39 is 0 Å². The fourth-order valence-electron chi connectivity index (χ4n) is 3.71. The van der Waals surface area contributed by atoms with Crippen molar-refractivity contribution < 1.29 is 9.53 Å². The first-order chi connectivity index (χ1) is 13.7. The second-order valence-corrected chi connectivity index (χ2v) is 8.20. The molecular weight excluding hydrogens is 374 g/mol. The minimum Gasteiger partial charge on any atom is -0.378 e. The highest BCUT2D eigenvalue weighted by Crippen LogP contribution is 2.22. The van der Waals surface area contributed by atoms with Crippen LogP contribution in [0, 0.1) is 0 Å². The third-order valence-corrected chi connectivity index (χ3v) is 6.25. The number of aromatic nitrogens is 2. The molecule has 0 bridgehead atoms. The summed E-state index contributed by atoms with van der Waals surface area (Å²) in [4.78, 5) is 32.3. The minimum atomic E-state index is -0.0358. The number of hydrogen-bond acceptors (Lipinski definition) is 5. The van der Waals surface area contributed by atoms with Crippen LogP contribution in [0.25, 0.3) is 0 Å². The van der Waals surface area contributed by atoms with Crippen LogP contribution in [0.2, 0.25) is 0 Å². The number of rotatable bonds is 6. The third kappa shape index (κ3) is 4.31. The van der Waals surface area contributed by atoms with Crippen molar-refractivity contribution in [2.45, 2.75) is 37.4 Å². The molecule has 2 aromatic rings. The lowest BCUT2D eigenvalue weighted by atomic mass is 10.2. The molecule has 2 heterocycles. The molecule has 7 heteroatoms. The van der Waals surface area contributed by atoms with Crippen LogP contribution in [0.5, 0.6) is 0 Å². The molecule has 1 aliphatic carbocycles. The second kappa shape index (κ2) is 8.92. The third-order valence-electron chi connectivity index (χ3n) is 5.28. The fourth-order valence-corrected chi connectivity index (χ4v) is 4.71. The van der Waals surface area contributed by atoms with Gasteiger partial charge >= 0.3 is 0 Å². The van der Waals surface area contributed by atoms with E-state index in [0.29, 0.717) is 31.5 Å². The van der Waals surface area contributed by atoms with E-state index in [9.17, 15) is 9.59 Å². The van der Waals surface area contributed by atoms with Crippen molar-refractivity contribution >= 4 is 17.7 Å². The van der Waals surface area contributed by atoms with Gasteiger partial charge in [-0.05, 0) is 31.2 Å². The Labute approximate surface area is 168 Å². The van der Waals surface area contributed by atoms with E-state index >= 15 is 0 Å². The molecule has 2 aliphatic rings. The summed E-state index contributed by atoms with van der Waals surface area (Å²) >= 11 is 1.57. The van der Waals surface area contributed by atoms with Gasteiger partial charge in [0, 0.05) is 24.4 Å². The van der Waals surface area contributed by atoms with E-state index in [2.05, 4.69) is 12.1 Å². The Morgan fingerprint density at radius 1 is 1.14 bits per heavy atom. The number of carbonyl (C=O) groups excluding carboxylic acids is 1. The van der Waals surface area contributed by atoms with Gasteiger partial charge in [-0.2, -0.15) is 0 Å². The smallest absolute Gasteiger partial charge is 0.258 e. The lowest BCUT2D eigenvalue weighted by molar-refractivity contribution is -0.136. The molecule has 0 radical (unpaired) electrons. The number of benzene rings is 1. The molecule has 0 saturated carbocycles. The minimum absolute atomic E-state index is 0.0324. The number of amides is 1. The van der Waals surface area contributed by atoms with Crippen molar-refractivity contribution in [3.63, 3.8) is 0 Å². The van der Waals surface area contributed by atoms with Gasteiger partial charge in [0.25, 0.3) is 5.56 Å². The summed E-state index contributed by atoms with van der Waals surface area (Å²) in [6.45, 7) is 2.35. The Morgan fingerprint density at radius 3 is 2.71 bits per heavy atom. The second-order valence-electron chi connectivity index (χ2n) is 7.14. The summed E-state index contributed by atoms with van der Waals surface area (Å²) in [6.07, 6.45) is 3.49. The first kappa shape index (κ1) is 19.2. The molecule has 28 heavy (non-hydrogen) atoms. The summed E-state index contributed by atoms with van der Waals surface area (Å²) < 4.78 is 6.92. The number of nitrogens with zero attached hydrogens (tertiary/aromatic N) is 3. The van der Waals surface area contributed by atoms with Crippen molar-refractivity contribution in [3.8, 4) is 0 Å². The topological polar surface area (TPSA) is 64.4 Å². The normalized spacial score (nSPS) is 16.2. The average molecular weight is 400 g/mol. The Balaban J connectivity index is 1.53. The summed E-state index contributed by atoms with van der Waals surface area (Å²) in [6, 6.07) is 10.3. The zero-order valence-electron chi connectivity index (χ0n) is 15.9. The zero-order chi connectivity index (χ0) is 19.3. The SMILES string of the molecule is O=C(Cn1c(SCCc2ccccc2)nc2c(c1=O)CCC2)N1CCOCC1. The Kier molecular flexibility index (Phi) is 6.12. The van der Waals surface area contributed by atoms with Crippen molar-refractivity contribution in [1.82, 2.24) is 14.5 Å². The molecule has 1 amide bonds. The first-order valence-corrected chi connectivity index (χ1v) is 10.9. The molecule has 0 N–H and O–H groups in total. The summed E-state index contributed by atoms with van der Waals surface area (Å²) in [5.41, 5.74) is 2.94. The Bertz CT molecular complexity index is 892. The van der Waals surface area contributed by atoms with Crippen molar-refractivity contribution in [1.29, 1.82) is 0 Å². The fraction of sp³-hybridized carbons (Fsp3) is 0.476. The highest BCUT2D eigenvalue weighted by Gasteiger charge is 2.24. The predicted molar refractivity (Wildman–Crippen MR) is 109 cm³/mol. The van der Waals surface area contributed by atoms with E-state index in [-0.39, 0.29) is 18.0 Å². The molecular formula is C21H25N3O3S. The molecule has 4 rings (SSSR count). The van der Waals surface area contributed by atoms with Gasteiger partial charge in [-0.25, -0.2) is 4.98 Å². The van der Waals surface area contributed by atoms with Crippen LogP contribution in [0.3, 0.4) is 0 Å². The maximum Gasteiger partial charge on any atom is 0.258 e. The number of hydrogen-bond donors (Lipinski definition) is 0. The number of morpholine rings is 1. The number of carbonyl (C=O) groups is 1. The lowest BCUT2D eigenvalue weighted by Crippen LogP contribution is -2.44. The summed E-state index contributed by atoms with van der Waals surface area (Å²) in [5, 5.41) is 0.670. The molecule has 0 spiro atoms. The van der Waals surface area contributed by atoms with Crippen molar-refractivity contribution in [2.75, 3.05) is 32.1 Å². The quantitative estimate of drug-likeness (QED) is 0.549. The van der Waals surface area contributed by atoms with Crippen LogP contribution in [-0.4, -0.2) is 52.4 Å². The number of thioether (sulfide) groups is 1. The van der Waals surface area contributed by atoms with E-state index in [1.807, 2.05) is 18.2 Å². The van der Waals surface area contributed by atoms with Crippen LogP contribution in [0.15, 0.2) is 40.3 Å². The van der Waals surface area contributed by atoms with Crippen molar-refractivity contribution in [3.05, 3.63) is 57.5 Å². The van der Waals surface area contributed by atoms with Crippen LogP contribution in [0.4, 0.5) is 0 Å². The molecule has 6 nitrogen and oxygen atoms in total. The highest BCUT2D eigenvalue weighted by molar-refractivity contribution is 7.99. The molecule has 1 aromatic heterocycles. The van der Waals surface area contributed by atoms with E-state index in [0.717, 1.165) is 42.7 Å². The van der Waals surface area contributed by atoms with Crippen LogP contribution < -0.4 is 5.56 Å².